The van der Waals surface area contributed by atoms with Crippen LogP contribution in [0.3, 0.4) is 0 Å². The third-order valence-corrected chi connectivity index (χ3v) is 4.55. The predicted molar refractivity (Wildman–Crippen MR) is 98.2 cm³/mol. The number of hydrogen-bond acceptors (Lipinski definition) is 5. The van der Waals surface area contributed by atoms with E-state index in [1.165, 1.54) is 5.69 Å². The summed E-state index contributed by atoms with van der Waals surface area (Å²) in [5.41, 5.74) is 2.15. The molecule has 0 unspecified atom stereocenters. The molecule has 26 heavy (non-hydrogen) atoms. The minimum atomic E-state index is -0.132. The summed E-state index contributed by atoms with van der Waals surface area (Å²) in [7, 11) is 0. The molecule has 2 heterocycles. The van der Waals surface area contributed by atoms with Gasteiger partial charge in [0.05, 0.1) is 0 Å². The quantitative estimate of drug-likeness (QED) is 0.787. The monoisotopic (exact) mass is 349 g/mol. The highest BCUT2D eigenvalue weighted by Gasteiger charge is 2.25. The molecule has 0 aliphatic carbocycles. The van der Waals surface area contributed by atoms with Crippen molar-refractivity contribution in [3.63, 3.8) is 0 Å². The summed E-state index contributed by atoms with van der Waals surface area (Å²) < 4.78 is 5.29. The molecule has 1 amide bonds. The Bertz CT molecular complexity index is 899. The van der Waals surface area contributed by atoms with Gasteiger partial charge in [-0.1, -0.05) is 35.5 Å². The number of amides is 1. The summed E-state index contributed by atoms with van der Waals surface area (Å²) >= 11 is 0. The highest BCUT2D eigenvalue weighted by atomic mass is 16.5. The molecule has 0 spiro atoms. The average molecular weight is 349 g/mol. The molecule has 2 aromatic carbocycles. The first-order valence-electron chi connectivity index (χ1n) is 8.56. The number of phenolic OH excluding ortho intramolecular Hbond substituents is 1. The molecule has 0 atom stereocenters. The lowest BCUT2D eigenvalue weighted by molar-refractivity contribution is 0.0736. The van der Waals surface area contributed by atoms with Crippen LogP contribution in [0.4, 0.5) is 5.69 Å². The van der Waals surface area contributed by atoms with Gasteiger partial charge in [-0.15, -0.1) is 0 Å². The van der Waals surface area contributed by atoms with Crippen molar-refractivity contribution in [1.29, 1.82) is 0 Å². The summed E-state index contributed by atoms with van der Waals surface area (Å²) in [4.78, 5) is 16.8. The number of piperazine rings is 1. The number of nitrogens with zero attached hydrogens (tertiary/aromatic N) is 3. The van der Waals surface area contributed by atoms with Gasteiger partial charge in [-0.2, -0.15) is 0 Å². The summed E-state index contributed by atoms with van der Waals surface area (Å²) in [6.07, 6.45) is 0. The zero-order chi connectivity index (χ0) is 17.9. The smallest absolute Gasteiger partial charge is 0.276 e. The fraction of sp³-hybridized carbons (Fsp3) is 0.200. The summed E-state index contributed by atoms with van der Waals surface area (Å²) in [6, 6.07) is 18.5. The molecule has 6 nitrogen and oxygen atoms in total. The van der Waals surface area contributed by atoms with Crippen LogP contribution in [0.2, 0.25) is 0 Å². The van der Waals surface area contributed by atoms with E-state index in [1.807, 2.05) is 18.2 Å². The van der Waals surface area contributed by atoms with E-state index < -0.39 is 0 Å². The number of hydrogen-bond donors (Lipinski definition) is 1. The number of anilines is 1. The number of phenols is 1. The van der Waals surface area contributed by atoms with Crippen LogP contribution in [0, 0.1) is 0 Å². The zero-order valence-corrected chi connectivity index (χ0v) is 14.2. The number of aromatic nitrogens is 1. The summed E-state index contributed by atoms with van der Waals surface area (Å²) in [5, 5.41) is 13.5. The van der Waals surface area contributed by atoms with Crippen LogP contribution in [0.5, 0.6) is 5.75 Å². The van der Waals surface area contributed by atoms with Crippen LogP contribution in [-0.2, 0) is 0 Å². The maximum atomic E-state index is 12.7. The van der Waals surface area contributed by atoms with Crippen LogP contribution in [0.1, 0.15) is 10.5 Å². The molecule has 4 rings (SSSR count). The highest BCUT2D eigenvalue weighted by molar-refractivity contribution is 5.93. The molecule has 1 aliphatic rings. The van der Waals surface area contributed by atoms with Gasteiger partial charge in [0.15, 0.2) is 11.5 Å². The van der Waals surface area contributed by atoms with Crippen LogP contribution in [-0.4, -0.2) is 47.2 Å². The van der Waals surface area contributed by atoms with Gasteiger partial charge in [0.25, 0.3) is 5.91 Å². The van der Waals surface area contributed by atoms with Crippen molar-refractivity contribution in [1.82, 2.24) is 10.1 Å². The average Bonchev–Trinajstić information content (AvgIpc) is 3.18. The van der Waals surface area contributed by atoms with E-state index in [9.17, 15) is 9.90 Å². The van der Waals surface area contributed by atoms with Crippen molar-refractivity contribution < 1.29 is 14.4 Å². The van der Waals surface area contributed by atoms with Crippen molar-refractivity contribution in [2.45, 2.75) is 0 Å². The second-order valence-corrected chi connectivity index (χ2v) is 6.24. The Morgan fingerprint density at radius 2 is 1.73 bits per heavy atom. The van der Waals surface area contributed by atoms with Crippen LogP contribution in [0.25, 0.3) is 11.3 Å². The van der Waals surface area contributed by atoms with Crippen molar-refractivity contribution in [2.75, 3.05) is 31.1 Å². The maximum absolute atomic E-state index is 12.7. The van der Waals surface area contributed by atoms with E-state index in [-0.39, 0.29) is 17.4 Å². The third kappa shape index (κ3) is 3.26. The molecule has 1 aromatic heterocycles. The van der Waals surface area contributed by atoms with E-state index in [0.29, 0.717) is 24.4 Å². The first kappa shape index (κ1) is 16.2. The van der Waals surface area contributed by atoms with Crippen LogP contribution in [0.15, 0.2) is 65.2 Å². The number of para-hydroxylation sites is 1. The topological polar surface area (TPSA) is 69.8 Å². The molecular weight excluding hydrogens is 330 g/mol. The second kappa shape index (κ2) is 6.92. The maximum Gasteiger partial charge on any atom is 0.276 e. The molecule has 1 N–H and O–H groups in total. The Hall–Kier alpha value is -3.28. The largest absolute Gasteiger partial charge is 0.508 e. The van der Waals surface area contributed by atoms with E-state index in [0.717, 1.165) is 13.1 Å². The predicted octanol–water partition coefficient (Wildman–Crippen LogP) is 3.01. The van der Waals surface area contributed by atoms with Gasteiger partial charge in [-0.25, -0.2) is 0 Å². The molecule has 3 aromatic rings. The number of carbonyl (C=O) groups is 1. The highest BCUT2D eigenvalue weighted by Crippen LogP contribution is 2.24. The molecule has 6 heteroatoms. The number of aromatic hydroxyl groups is 1. The Labute approximate surface area is 151 Å². The molecule has 132 valence electrons. The lowest BCUT2D eigenvalue weighted by atomic mass is 10.1. The molecular formula is C20H19N3O3. The Balaban J connectivity index is 1.43. The normalized spacial score (nSPS) is 14.5. The molecule has 1 aliphatic heterocycles. The van der Waals surface area contributed by atoms with E-state index in [2.05, 4.69) is 22.2 Å². The van der Waals surface area contributed by atoms with Crippen molar-refractivity contribution in [3.05, 3.63) is 66.4 Å². The Kier molecular flexibility index (Phi) is 4.31. The van der Waals surface area contributed by atoms with E-state index in [4.69, 9.17) is 4.52 Å². The first-order valence-corrected chi connectivity index (χ1v) is 8.56. The summed E-state index contributed by atoms with van der Waals surface area (Å²) in [6.45, 7) is 2.85. The van der Waals surface area contributed by atoms with Gasteiger partial charge in [-0.05, 0) is 24.3 Å². The molecule has 0 bridgehead atoms. The van der Waals surface area contributed by atoms with Gasteiger partial charge in [0, 0.05) is 43.5 Å². The third-order valence-electron chi connectivity index (χ3n) is 4.55. The molecule has 1 fully saturated rings. The Morgan fingerprint density at radius 3 is 2.46 bits per heavy atom. The lowest BCUT2D eigenvalue weighted by Gasteiger charge is -2.35. The van der Waals surface area contributed by atoms with E-state index in [1.54, 1.807) is 35.2 Å². The first-order chi connectivity index (χ1) is 12.7. The fourth-order valence-corrected chi connectivity index (χ4v) is 3.14. The number of rotatable bonds is 3. The standard InChI is InChI=1S/C20H19N3O3/c24-17-8-4-5-15(13-17)19-14-18(21-26-19)20(25)23-11-9-22(10-12-23)16-6-2-1-3-7-16/h1-8,13-14,24H,9-12H2. The van der Waals surface area contributed by atoms with Crippen molar-refractivity contribution >= 4 is 11.6 Å². The van der Waals surface area contributed by atoms with Gasteiger partial charge in [0.2, 0.25) is 0 Å². The van der Waals surface area contributed by atoms with E-state index >= 15 is 0 Å². The summed E-state index contributed by atoms with van der Waals surface area (Å²) in [5.74, 6) is 0.476. The van der Waals surface area contributed by atoms with Crippen LogP contribution < -0.4 is 4.90 Å². The Morgan fingerprint density at radius 1 is 0.962 bits per heavy atom. The van der Waals surface area contributed by atoms with Gasteiger partial charge in [-0.3, -0.25) is 4.79 Å². The number of benzene rings is 2. The molecule has 0 radical (unpaired) electrons. The second-order valence-electron chi connectivity index (χ2n) is 6.24. The minimum absolute atomic E-state index is 0.132. The van der Waals surface area contributed by atoms with Gasteiger partial charge >= 0.3 is 0 Å². The van der Waals surface area contributed by atoms with Crippen LogP contribution >= 0.6 is 0 Å². The van der Waals surface area contributed by atoms with Gasteiger partial charge < -0.3 is 19.4 Å². The lowest BCUT2D eigenvalue weighted by Crippen LogP contribution is -2.48. The SMILES string of the molecule is O=C(c1cc(-c2cccc(O)c2)on1)N1CCN(c2ccccc2)CC1. The minimum Gasteiger partial charge on any atom is -0.508 e. The van der Waals surface area contributed by atoms with Crippen molar-refractivity contribution in [2.24, 2.45) is 0 Å². The molecule has 1 saturated heterocycles. The fourth-order valence-electron chi connectivity index (χ4n) is 3.14. The zero-order valence-electron chi connectivity index (χ0n) is 14.2. The van der Waals surface area contributed by atoms with Gasteiger partial charge in [0.1, 0.15) is 5.75 Å². The van der Waals surface area contributed by atoms with Crippen molar-refractivity contribution in [3.8, 4) is 17.1 Å². The number of carbonyl (C=O) groups excluding carboxylic acids is 1. The molecule has 0 saturated carbocycles.